The second kappa shape index (κ2) is 18.3. The Morgan fingerprint density at radius 1 is 0.811 bits per heavy atom. The Morgan fingerprint density at radius 3 is 2.04 bits per heavy atom. The molecule has 3 aromatic carbocycles. The fourth-order valence-electron chi connectivity index (χ4n) is 4.47. The SMILES string of the molecule is CCc1cc(NCS(=O)(=O)O)c(CC)cc1/N=N/c1cc(Nc2nc(Cl)nc(Nc3ccc(S(=O)(=O)CCOSOOO)cc3)n2)ccc1S(=O)(=O)O. The first-order valence-corrected chi connectivity index (χ1v) is 20.7. The standard InChI is InChI=1S/C28H31ClN8O12S4/c1-3-17-14-23(18(4-2)13-22(17)30-16-52(41,42)43)36-37-24-15-20(7-10-25(24)53(44,45)46)32-28-34-26(29)33-27(35-28)31-19-5-8-21(9-6-19)51(39,40)12-11-47-50-49-48-38/h5-10,13-15,30,38H,3-4,11-12,16H2,1-2H3,(H,41,42,43)(H,44,45,46)(H2,31,32,33,34,35)/b37-36+. The van der Waals surface area contributed by atoms with E-state index in [2.05, 4.69) is 50.5 Å². The van der Waals surface area contributed by atoms with Gasteiger partial charge >= 0.3 is 0 Å². The van der Waals surface area contributed by atoms with E-state index in [1.807, 2.05) is 13.8 Å². The van der Waals surface area contributed by atoms with Crippen LogP contribution in [0.1, 0.15) is 25.0 Å². The molecule has 0 fully saturated rings. The topological polar surface area (TPSA) is 290 Å². The highest BCUT2D eigenvalue weighted by atomic mass is 35.5. The van der Waals surface area contributed by atoms with Crippen molar-refractivity contribution in [3.8, 4) is 0 Å². The van der Waals surface area contributed by atoms with Gasteiger partial charge in [0.15, 0.2) is 22.2 Å². The average molecular weight is 835 g/mol. The maximum absolute atomic E-state index is 12.6. The summed E-state index contributed by atoms with van der Waals surface area (Å²) in [7, 11) is -12.8. The number of rotatable bonds is 19. The van der Waals surface area contributed by atoms with Crippen LogP contribution in [0, 0.1) is 0 Å². The fourth-order valence-corrected chi connectivity index (χ4v) is 6.98. The van der Waals surface area contributed by atoms with Crippen LogP contribution in [0.15, 0.2) is 74.6 Å². The summed E-state index contributed by atoms with van der Waals surface area (Å²) in [4.78, 5) is 11.7. The molecular weight excluding hydrogens is 804 g/mol. The molecular formula is C28H31ClN8O12S4. The molecule has 4 rings (SSSR count). The van der Waals surface area contributed by atoms with Crippen molar-refractivity contribution >= 4 is 94.3 Å². The minimum atomic E-state index is -4.76. The number of nitrogens with one attached hydrogen (secondary N) is 3. The summed E-state index contributed by atoms with van der Waals surface area (Å²) < 4.78 is 99.9. The minimum absolute atomic E-state index is 0.00488. The summed E-state index contributed by atoms with van der Waals surface area (Å²) in [5, 5.41) is 27.9. The van der Waals surface area contributed by atoms with Gasteiger partial charge in [-0.05, 0) is 90.2 Å². The summed E-state index contributed by atoms with van der Waals surface area (Å²) in [6.45, 7) is 3.38. The van der Waals surface area contributed by atoms with Gasteiger partial charge in [0.05, 0.1) is 22.9 Å². The van der Waals surface area contributed by atoms with Crippen molar-refractivity contribution in [2.24, 2.45) is 10.2 Å². The molecule has 4 aromatic rings. The Kier molecular flexibility index (Phi) is 14.4. The van der Waals surface area contributed by atoms with Gasteiger partial charge in [0.25, 0.3) is 20.2 Å². The van der Waals surface area contributed by atoms with Crippen LogP contribution in [0.25, 0.3) is 0 Å². The van der Waals surface area contributed by atoms with Crippen molar-refractivity contribution in [3.63, 3.8) is 0 Å². The monoisotopic (exact) mass is 834 g/mol. The first-order valence-electron chi connectivity index (χ1n) is 14.9. The van der Waals surface area contributed by atoms with Gasteiger partial charge in [-0.2, -0.15) is 36.9 Å². The van der Waals surface area contributed by atoms with E-state index >= 15 is 0 Å². The predicted molar refractivity (Wildman–Crippen MR) is 194 cm³/mol. The zero-order chi connectivity index (χ0) is 38.8. The van der Waals surface area contributed by atoms with Crippen LogP contribution in [-0.2, 0) is 56.5 Å². The van der Waals surface area contributed by atoms with Crippen LogP contribution >= 0.6 is 23.9 Å². The van der Waals surface area contributed by atoms with E-state index in [1.165, 1.54) is 36.4 Å². The van der Waals surface area contributed by atoms with Crippen LogP contribution < -0.4 is 16.0 Å². The van der Waals surface area contributed by atoms with Gasteiger partial charge in [0.1, 0.15) is 16.5 Å². The van der Waals surface area contributed by atoms with Gasteiger partial charge in [0, 0.05) is 17.1 Å². The number of anilines is 5. The molecule has 20 nitrogen and oxygen atoms in total. The second-order valence-corrected chi connectivity index (χ2v) is 16.3. The number of azo groups is 1. The average Bonchev–Trinajstić information content (AvgIpc) is 3.08. The lowest BCUT2D eigenvalue weighted by Crippen LogP contribution is -2.14. The molecule has 0 unspecified atom stereocenters. The number of halogens is 1. The Labute approximate surface area is 313 Å². The second-order valence-electron chi connectivity index (χ2n) is 10.5. The van der Waals surface area contributed by atoms with Crippen LogP contribution in [0.3, 0.4) is 0 Å². The summed E-state index contributed by atoms with van der Waals surface area (Å²) in [5.74, 6) is -1.22. The Balaban J connectivity index is 1.56. The molecule has 0 spiro atoms. The summed E-state index contributed by atoms with van der Waals surface area (Å²) in [6.07, 6.45) is 0.879. The molecule has 6 N–H and O–H groups in total. The van der Waals surface area contributed by atoms with Crippen molar-refractivity contribution in [2.75, 3.05) is 34.2 Å². The maximum Gasteiger partial charge on any atom is 0.296 e. The van der Waals surface area contributed by atoms with E-state index in [0.29, 0.717) is 41.0 Å². The number of aryl methyl sites for hydroxylation is 2. The number of benzene rings is 3. The van der Waals surface area contributed by atoms with Gasteiger partial charge in [-0.25, -0.2) is 13.7 Å². The van der Waals surface area contributed by atoms with E-state index in [-0.39, 0.29) is 58.1 Å². The highest BCUT2D eigenvalue weighted by Crippen LogP contribution is 2.34. The van der Waals surface area contributed by atoms with Gasteiger partial charge in [0.2, 0.25) is 17.2 Å². The molecule has 53 heavy (non-hydrogen) atoms. The lowest BCUT2D eigenvalue weighted by atomic mass is 10.0. The Bertz CT molecular complexity index is 2280. The van der Waals surface area contributed by atoms with E-state index in [9.17, 15) is 29.8 Å². The van der Waals surface area contributed by atoms with E-state index in [4.69, 9.17) is 25.6 Å². The lowest BCUT2D eigenvalue weighted by Gasteiger charge is -2.14. The minimum Gasteiger partial charge on any atom is -0.369 e. The number of nitrogens with zero attached hydrogens (tertiary/aromatic N) is 5. The van der Waals surface area contributed by atoms with Gasteiger partial charge in [-0.1, -0.05) is 18.9 Å². The first kappa shape index (κ1) is 41.7. The molecule has 0 saturated carbocycles. The molecule has 0 bridgehead atoms. The lowest BCUT2D eigenvalue weighted by molar-refractivity contribution is -0.434. The predicted octanol–water partition coefficient (Wildman–Crippen LogP) is 5.83. The Hall–Kier alpha value is -4.08. The third-order valence-corrected chi connectivity index (χ3v) is 10.5. The normalized spacial score (nSPS) is 12.3. The summed E-state index contributed by atoms with van der Waals surface area (Å²) >= 11 is 6.39. The fraction of sp³-hybridized carbons (Fsp3) is 0.250. The third-order valence-electron chi connectivity index (χ3n) is 6.89. The largest absolute Gasteiger partial charge is 0.369 e. The Morgan fingerprint density at radius 2 is 1.43 bits per heavy atom. The zero-order valence-corrected chi connectivity index (χ0v) is 31.5. The number of aromatic nitrogens is 3. The molecule has 1 aromatic heterocycles. The first-order chi connectivity index (χ1) is 25.0. The van der Waals surface area contributed by atoms with Crippen LogP contribution in [0.2, 0.25) is 5.28 Å². The molecule has 0 aliphatic heterocycles. The van der Waals surface area contributed by atoms with E-state index in [1.54, 1.807) is 12.1 Å². The van der Waals surface area contributed by atoms with Crippen LogP contribution in [0.5, 0.6) is 0 Å². The molecule has 0 atom stereocenters. The quantitative estimate of drug-likeness (QED) is 0.0162. The molecule has 0 aliphatic rings. The zero-order valence-electron chi connectivity index (χ0n) is 27.5. The van der Waals surface area contributed by atoms with Crippen molar-refractivity contribution in [1.82, 2.24) is 15.0 Å². The third kappa shape index (κ3) is 12.5. The smallest absolute Gasteiger partial charge is 0.296 e. The summed E-state index contributed by atoms with van der Waals surface area (Å²) in [6, 6.07) is 12.6. The van der Waals surface area contributed by atoms with Crippen molar-refractivity contribution in [2.45, 2.75) is 36.5 Å². The van der Waals surface area contributed by atoms with Gasteiger partial charge in [-0.3, -0.25) is 13.3 Å². The van der Waals surface area contributed by atoms with Gasteiger partial charge < -0.3 is 16.0 Å². The van der Waals surface area contributed by atoms with Crippen molar-refractivity contribution < 1.29 is 53.2 Å². The number of hydrogen-bond acceptors (Lipinski definition) is 19. The number of sulfone groups is 1. The van der Waals surface area contributed by atoms with E-state index < -0.39 is 40.8 Å². The molecule has 0 amide bonds. The highest BCUT2D eigenvalue weighted by molar-refractivity contribution is 7.91. The summed E-state index contributed by atoms with van der Waals surface area (Å²) in [5.41, 5.74) is 2.41. The van der Waals surface area contributed by atoms with Gasteiger partial charge in [-0.15, -0.1) is 9.45 Å². The van der Waals surface area contributed by atoms with Crippen molar-refractivity contribution in [1.29, 1.82) is 0 Å². The highest BCUT2D eigenvalue weighted by Gasteiger charge is 2.19. The maximum atomic E-state index is 12.6. The molecule has 0 saturated heterocycles. The van der Waals surface area contributed by atoms with Crippen LogP contribution in [-0.4, -0.2) is 72.8 Å². The molecule has 0 radical (unpaired) electrons. The van der Waals surface area contributed by atoms with Crippen molar-refractivity contribution in [3.05, 3.63) is 71.0 Å². The van der Waals surface area contributed by atoms with E-state index in [0.717, 1.165) is 6.07 Å². The molecule has 0 aliphatic carbocycles. The van der Waals surface area contributed by atoms with Crippen LogP contribution in [0.4, 0.5) is 40.3 Å². The number of hydrogen-bond donors (Lipinski definition) is 6. The molecule has 1 heterocycles. The molecule has 286 valence electrons. The molecule has 25 heteroatoms.